The molecule has 0 aliphatic rings. The third-order valence-corrected chi connectivity index (χ3v) is 1.84. The van der Waals surface area contributed by atoms with Crippen molar-refractivity contribution in [1.82, 2.24) is 4.98 Å². The van der Waals surface area contributed by atoms with Crippen molar-refractivity contribution in [2.24, 2.45) is 0 Å². The van der Waals surface area contributed by atoms with Crippen molar-refractivity contribution < 1.29 is 14.6 Å². The molecule has 76 valence electrons. The van der Waals surface area contributed by atoms with Crippen LogP contribution in [-0.4, -0.2) is 22.2 Å². The van der Waals surface area contributed by atoms with Crippen LogP contribution in [-0.2, 0) is 0 Å². The van der Waals surface area contributed by atoms with Gasteiger partial charge in [0, 0.05) is 6.07 Å². The summed E-state index contributed by atoms with van der Waals surface area (Å²) in [4.78, 5) is 14.4. The number of pyridine rings is 1. The van der Waals surface area contributed by atoms with Crippen LogP contribution in [0.4, 0.5) is 0 Å². The van der Waals surface area contributed by atoms with Gasteiger partial charge in [-0.3, -0.25) is 0 Å². The topological polar surface area (TPSA) is 59.4 Å². The fraction of sp³-hybridized carbons (Fsp3) is 0.400. The number of ether oxygens (including phenoxy) is 1. The minimum atomic E-state index is -1.04. The first-order chi connectivity index (χ1) is 6.63. The minimum Gasteiger partial charge on any atom is -0.477 e. The first-order valence-corrected chi connectivity index (χ1v) is 4.50. The first kappa shape index (κ1) is 10.5. The lowest BCUT2D eigenvalue weighted by Gasteiger charge is -2.11. The van der Waals surface area contributed by atoms with Crippen molar-refractivity contribution >= 4 is 5.97 Å². The lowest BCUT2D eigenvalue weighted by atomic mass is 10.3. The van der Waals surface area contributed by atoms with E-state index in [1.54, 1.807) is 12.1 Å². The average Bonchev–Trinajstić information content (AvgIpc) is 2.18. The number of nitrogens with zero attached hydrogens (tertiary/aromatic N) is 1. The van der Waals surface area contributed by atoms with E-state index in [9.17, 15) is 4.79 Å². The molecule has 1 N–H and O–H groups in total. The lowest BCUT2D eigenvalue weighted by molar-refractivity contribution is 0.0688. The average molecular weight is 195 g/mol. The molecule has 1 unspecified atom stereocenters. The summed E-state index contributed by atoms with van der Waals surface area (Å²) in [6.07, 6.45) is 0.908. The number of aromatic nitrogens is 1. The number of carboxylic acid groups (broad SMARTS) is 1. The molecule has 1 atom stereocenters. The second kappa shape index (κ2) is 4.60. The van der Waals surface area contributed by atoms with E-state index in [2.05, 4.69) is 4.98 Å². The van der Waals surface area contributed by atoms with Gasteiger partial charge in [-0.15, -0.1) is 0 Å². The molecule has 0 saturated carbocycles. The van der Waals surface area contributed by atoms with Crippen molar-refractivity contribution in [1.29, 1.82) is 0 Å². The maximum atomic E-state index is 10.6. The predicted molar refractivity (Wildman–Crippen MR) is 51.6 cm³/mol. The molecule has 4 nitrogen and oxygen atoms in total. The lowest BCUT2D eigenvalue weighted by Crippen LogP contribution is -2.11. The Morgan fingerprint density at radius 1 is 1.64 bits per heavy atom. The van der Waals surface area contributed by atoms with E-state index in [4.69, 9.17) is 9.84 Å². The van der Waals surface area contributed by atoms with Crippen molar-refractivity contribution in [2.45, 2.75) is 26.4 Å². The van der Waals surface area contributed by atoms with Gasteiger partial charge in [-0.05, 0) is 19.4 Å². The van der Waals surface area contributed by atoms with E-state index in [1.165, 1.54) is 6.07 Å². The number of hydrogen-bond donors (Lipinski definition) is 1. The van der Waals surface area contributed by atoms with Crippen molar-refractivity contribution in [2.75, 3.05) is 0 Å². The third-order valence-electron chi connectivity index (χ3n) is 1.84. The molecule has 0 aliphatic heterocycles. The highest BCUT2D eigenvalue weighted by molar-refractivity contribution is 5.85. The van der Waals surface area contributed by atoms with E-state index < -0.39 is 5.97 Å². The molecule has 1 aromatic rings. The number of aromatic carboxylic acids is 1. The van der Waals surface area contributed by atoms with Gasteiger partial charge in [-0.1, -0.05) is 13.0 Å². The zero-order valence-corrected chi connectivity index (χ0v) is 8.23. The molecule has 0 spiro atoms. The Hall–Kier alpha value is -1.58. The standard InChI is InChI=1S/C10H13NO3/c1-3-7(2)14-9-6-4-5-8(11-9)10(12)13/h4-7H,3H2,1-2H3,(H,12,13). The highest BCUT2D eigenvalue weighted by atomic mass is 16.5. The van der Waals surface area contributed by atoms with Crippen LogP contribution in [0.2, 0.25) is 0 Å². The normalized spacial score (nSPS) is 12.1. The molecule has 0 bridgehead atoms. The number of hydrogen-bond acceptors (Lipinski definition) is 3. The summed E-state index contributed by atoms with van der Waals surface area (Å²) in [7, 11) is 0. The third kappa shape index (κ3) is 2.73. The molecule has 0 saturated heterocycles. The Labute approximate surface area is 82.5 Å². The monoisotopic (exact) mass is 195 g/mol. The Morgan fingerprint density at radius 3 is 2.93 bits per heavy atom. The molecule has 0 radical (unpaired) electrons. The molecular weight excluding hydrogens is 182 g/mol. The van der Waals surface area contributed by atoms with Crippen molar-refractivity contribution in [3.05, 3.63) is 23.9 Å². The quantitative estimate of drug-likeness (QED) is 0.797. The van der Waals surface area contributed by atoms with Crippen molar-refractivity contribution in [3.63, 3.8) is 0 Å². The summed E-state index contributed by atoms with van der Waals surface area (Å²) >= 11 is 0. The molecule has 1 rings (SSSR count). The molecule has 1 aromatic heterocycles. The van der Waals surface area contributed by atoms with Gasteiger partial charge in [-0.2, -0.15) is 0 Å². The summed E-state index contributed by atoms with van der Waals surface area (Å²) in [5.74, 6) is -0.682. The molecule has 0 fully saturated rings. The Kier molecular flexibility index (Phi) is 3.45. The molecular formula is C10H13NO3. The van der Waals surface area contributed by atoms with Crippen LogP contribution in [0.25, 0.3) is 0 Å². The Balaban J connectivity index is 2.78. The summed E-state index contributed by atoms with van der Waals surface area (Å²) in [5.41, 5.74) is 0.00537. The van der Waals surface area contributed by atoms with E-state index >= 15 is 0 Å². The smallest absolute Gasteiger partial charge is 0.354 e. The summed E-state index contributed by atoms with van der Waals surface area (Å²) in [5, 5.41) is 8.68. The van der Waals surface area contributed by atoms with Crippen molar-refractivity contribution in [3.8, 4) is 5.88 Å². The Bertz CT molecular complexity index is 325. The van der Waals surface area contributed by atoms with Crippen LogP contribution in [0.1, 0.15) is 30.8 Å². The Morgan fingerprint density at radius 2 is 2.36 bits per heavy atom. The van der Waals surface area contributed by atoms with Gasteiger partial charge in [0.25, 0.3) is 0 Å². The van der Waals surface area contributed by atoms with Gasteiger partial charge >= 0.3 is 5.97 Å². The van der Waals surface area contributed by atoms with Gasteiger partial charge in [0.1, 0.15) is 0 Å². The first-order valence-electron chi connectivity index (χ1n) is 4.50. The predicted octanol–water partition coefficient (Wildman–Crippen LogP) is 1.96. The van der Waals surface area contributed by atoms with Gasteiger partial charge in [0.2, 0.25) is 5.88 Å². The zero-order valence-electron chi connectivity index (χ0n) is 8.23. The van der Waals surface area contributed by atoms with Gasteiger partial charge < -0.3 is 9.84 Å². The van der Waals surface area contributed by atoms with Gasteiger partial charge in [-0.25, -0.2) is 9.78 Å². The summed E-state index contributed by atoms with van der Waals surface area (Å²) in [6, 6.07) is 4.71. The number of rotatable bonds is 4. The second-order valence-electron chi connectivity index (χ2n) is 3.00. The van der Waals surface area contributed by atoms with Crippen LogP contribution in [0.5, 0.6) is 5.88 Å². The molecule has 0 amide bonds. The van der Waals surface area contributed by atoms with Gasteiger partial charge in [0.15, 0.2) is 5.69 Å². The van der Waals surface area contributed by atoms with E-state index in [0.29, 0.717) is 5.88 Å². The maximum Gasteiger partial charge on any atom is 0.354 e. The van der Waals surface area contributed by atoms with Crippen LogP contribution in [0, 0.1) is 0 Å². The molecule has 4 heteroatoms. The molecule has 0 aromatic carbocycles. The number of carboxylic acids is 1. The van der Waals surface area contributed by atoms with E-state index in [1.807, 2.05) is 13.8 Å². The van der Waals surface area contributed by atoms with Crippen LogP contribution >= 0.6 is 0 Å². The zero-order chi connectivity index (χ0) is 10.6. The van der Waals surface area contributed by atoms with Crippen LogP contribution < -0.4 is 4.74 Å². The summed E-state index contributed by atoms with van der Waals surface area (Å²) < 4.78 is 5.38. The van der Waals surface area contributed by atoms with Gasteiger partial charge in [0.05, 0.1) is 6.10 Å². The molecule has 1 heterocycles. The number of carbonyl (C=O) groups is 1. The summed E-state index contributed by atoms with van der Waals surface area (Å²) in [6.45, 7) is 3.90. The fourth-order valence-electron chi connectivity index (χ4n) is 0.889. The highest BCUT2D eigenvalue weighted by Crippen LogP contribution is 2.10. The molecule has 0 aliphatic carbocycles. The fourth-order valence-corrected chi connectivity index (χ4v) is 0.889. The van der Waals surface area contributed by atoms with E-state index in [-0.39, 0.29) is 11.8 Å². The van der Waals surface area contributed by atoms with E-state index in [0.717, 1.165) is 6.42 Å². The van der Waals surface area contributed by atoms with Crippen LogP contribution in [0.3, 0.4) is 0 Å². The SMILES string of the molecule is CCC(C)Oc1cccc(C(=O)O)n1. The second-order valence-corrected chi connectivity index (χ2v) is 3.00. The van der Waals surface area contributed by atoms with Crippen LogP contribution in [0.15, 0.2) is 18.2 Å². The molecule has 14 heavy (non-hydrogen) atoms. The minimum absolute atomic E-state index is 0.00537. The largest absolute Gasteiger partial charge is 0.477 e. The highest BCUT2D eigenvalue weighted by Gasteiger charge is 2.07. The maximum absolute atomic E-state index is 10.6.